The summed E-state index contributed by atoms with van der Waals surface area (Å²) in [6.45, 7) is 8.86. The van der Waals surface area contributed by atoms with E-state index in [0.717, 1.165) is 82.4 Å². The van der Waals surface area contributed by atoms with Crippen molar-refractivity contribution in [2.75, 3.05) is 61.1 Å². The smallest absolute Gasteiger partial charge is 0.220 e. The lowest BCUT2D eigenvalue weighted by atomic mass is 9.93. The third-order valence-electron chi connectivity index (χ3n) is 6.44. The van der Waals surface area contributed by atoms with Crippen molar-refractivity contribution in [1.29, 1.82) is 0 Å². The van der Waals surface area contributed by atoms with Crippen LogP contribution < -0.4 is 20.4 Å². The van der Waals surface area contributed by atoms with E-state index in [-0.39, 0.29) is 5.91 Å². The number of anilines is 3. The van der Waals surface area contributed by atoms with Gasteiger partial charge in [-0.15, -0.1) is 0 Å². The molecule has 2 fully saturated rings. The van der Waals surface area contributed by atoms with Gasteiger partial charge in [-0.05, 0) is 49.8 Å². The summed E-state index contributed by atoms with van der Waals surface area (Å²) in [5.41, 5.74) is 2.35. The second-order valence-corrected chi connectivity index (χ2v) is 8.83. The van der Waals surface area contributed by atoms with Crippen molar-refractivity contribution in [3.63, 3.8) is 0 Å². The van der Waals surface area contributed by atoms with E-state index in [9.17, 15) is 4.79 Å². The molecule has 1 aromatic carbocycles. The van der Waals surface area contributed by atoms with Gasteiger partial charge in [0, 0.05) is 57.4 Å². The predicted molar refractivity (Wildman–Crippen MR) is 132 cm³/mol. The molecule has 2 N–H and O–H groups in total. The molecule has 2 aliphatic heterocycles. The molecule has 0 aliphatic carbocycles. The van der Waals surface area contributed by atoms with E-state index in [1.165, 1.54) is 5.69 Å². The largest absolute Gasteiger partial charge is 0.378 e. The highest BCUT2D eigenvalue weighted by Gasteiger charge is 2.22. The van der Waals surface area contributed by atoms with Gasteiger partial charge in [0.2, 0.25) is 5.91 Å². The van der Waals surface area contributed by atoms with Crippen molar-refractivity contribution in [3.05, 3.63) is 42.2 Å². The number of hydrogen-bond acceptors (Lipinski definition) is 7. The van der Waals surface area contributed by atoms with Crippen LogP contribution in [0.2, 0.25) is 0 Å². The van der Waals surface area contributed by atoms with E-state index >= 15 is 0 Å². The van der Waals surface area contributed by atoms with Crippen LogP contribution in [-0.4, -0.2) is 61.8 Å². The van der Waals surface area contributed by atoms with E-state index in [0.29, 0.717) is 18.9 Å². The van der Waals surface area contributed by atoms with E-state index in [4.69, 9.17) is 4.74 Å². The summed E-state index contributed by atoms with van der Waals surface area (Å²) in [5, 5.41) is 6.33. The molecule has 0 radical (unpaired) electrons. The molecule has 1 aromatic heterocycles. The van der Waals surface area contributed by atoms with E-state index in [2.05, 4.69) is 61.6 Å². The van der Waals surface area contributed by atoms with Crippen molar-refractivity contribution in [3.8, 4) is 0 Å². The Morgan fingerprint density at radius 3 is 2.73 bits per heavy atom. The maximum absolute atomic E-state index is 12.5. The van der Waals surface area contributed by atoms with Gasteiger partial charge in [-0.25, -0.2) is 9.97 Å². The summed E-state index contributed by atoms with van der Waals surface area (Å²) in [6.07, 6.45) is 5.39. The molecule has 3 heterocycles. The highest BCUT2D eigenvalue weighted by molar-refractivity contribution is 5.75. The fourth-order valence-corrected chi connectivity index (χ4v) is 4.58. The first-order valence-corrected chi connectivity index (χ1v) is 12.2. The summed E-state index contributed by atoms with van der Waals surface area (Å²) in [5.74, 6) is 2.47. The SMILES string of the molecule is CCNc1cc(N2CCCC(CCC(=O)NCc3ccc(N4CCOCC4)cc3)C2)ncn1. The van der Waals surface area contributed by atoms with Crippen LogP contribution in [0.15, 0.2) is 36.7 Å². The zero-order valence-corrected chi connectivity index (χ0v) is 19.6. The molecule has 1 atom stereocenters. The molecule has 8 nitrogen and oxygen atoms in total. The van der Waals surface area contributed by atoms with Crippen LogP contribution in [0.4, 0.5) is 17.3 Å². The molecular weight excluding hydrogens is 416 g/mol. The standard InChI is InChI=1S/C25H36N6O2/c1-2-26-23-16-24(29-19-28-23)31-11-3-4-21(18-31)7-10-25(32)27-17-20-5-8-22(9-6-20)30-12-14-33-15-13-30/h5-6,8-9,16,19,21H,2-4,7,10-15,17-18H2,1H3,(H,27,32)(H,26,28,29). The molecule has 178 valence electrons. The summed E-state index contributed by atoms with van der Waals surface area (Å²) in [6, 6.07) is 10.5. The minimum absolute atomic E-state index is 0.126. The van der Waals surface area contributed by atoms with Crippen LogP contribution in [0.1, 0.15) is 38.2 Å². The van der Waals surface area contributed by atoms with E-state index < -0.39 is 0 Å². The lowest BCUT2D eigenvalue weighted by Crippen LogP contribution is -2.36. The van der Waals surface area contributed by atoms with Crippen molar-refractivity contribution < 1.29 is 9.53 Å². The zero-order valence-electron chi connectivity index (χ0n) is 19.6. The van der Waals surface area contributed by atoms with Crippen molar-refractivity contribution in [1.82, 2.24) is 15.3 Å². The van der Waals surface area contributed by atoms with E-state index in [1.807, 2.05) is 6.07 Å². The summed E-state index contributed by atoms with van der Waals surface area (Å²) in [4.78, 5) is 25.9. The number of ether oxygens (including phenoxy) is 1. The van der Waals surface area contributed by atoms with Gasteiger partial charge in [-0.3, -0.25) is 4.79 Å². The Bertz CT molecular complexity index is 885. The lowest BCUT2D eigenvalue weighted by molar-refractivity contribution is -0.121. The Kier molecular flexibility index (Phi) is 8.35. The van der Waals surface area contributed by atoms with Crippen molar-refractivity contribution >= 4 is 23.2 Å². The van der Waals surface area contributed by atoms with Gasteiger partial charge in [-0.1, -0.05) is 12.1 Å². The van der Waals surface area contributed by atoms with Gasteiger partial charge in [0.25, 0.3) is 0 Å². The first kappa shape index (κ1) is 23.3. The van der Waals surface area contributed by atoms with Gasteiger partial charge in [0.1, 0.15) is 18.0 Å². The molecule has 0 bridgehead atoms. The predicted octanol–water partition coefficient (Wildman–Crippen LogP) is 3.06. The number of amides is 1. The fraction of sp³-hybridized carbons (Fsp3) is 0.560. The van der Waals surface area contributed by atoms with Crippen molar-refractivity contribution in [2.24, 2.45) is 5.92 Å². The Morgan fingerprint density at radius 1 is 1.12 bits per heavy atom. The molecule has 2 aromatic rings. The Balaban J connectivity index is 1.20. The molecule has 2 aliphatic rings. The highest BCUT2D eigenvalue weighted by atomic mass is 16.5. The average Bonchev–Trinajstić information content (AvgIpc) is 2.88. The molecule has 1 amide bonds. The highest BCUT2D eigenvalue weighted by Crippen LogP contribution is 2.25. The molecular formula is C25H36N6O2. The molecule has 0 saturated carbocycles. The number of piperidine rings is 1. The second-order valence-electron chi connectivity index (χ2n) is 8.83. The number of morpholine rings is 1. The van der Waals surface area contributed by atoms with E-state index in [1.54, 1.807) is 6.33 Å². The van der Waals surface area contributed by atoms with Crippen LogP contribution in [0.25, 0.3) is 0 Å². The number of carbonyl (C=O) groups excluding carboxylic acids is 1. The van der Waals surface area contributed by atoms with Gasteiger partial charge in [0.15, 0.2) is 0 Å². The zero-order chi connectivity index (χ0) is 22.9. The maximum Gasteiger partial charge on any atom is 0.220 e. The quantitative estimate of drug-likeness (QED) is 0.605. The van der Waals surface area contributed by atoms with Crippen LogP contribution >= 0.6 is 0 Å². The molecule has 8 heteroatoms. The molecule has 0 spiro atoms. The Morgan fingerprint density at radius 2 is 1.94 bits per heavy atom. The number of hydrogen-bond donors (Lipinski definition) is 2. The normalized spacial score (nSPS) is 18.8. The Labute approximate surface area is 196 Å². The maximum atomic E-state index is 12.5. The van der Waals surface area contributed by atoms with Crippen LogP contribution in [-0.2, 0) is 16.1 Å². The summed E-state index contributed by atoms with van der Waals surface area (Å²) >= 11 is 0. The number of rotatable bonds is 9. The number of benzene rings is 1. The molecule has 2 saturated heterocycles. The molecule has 1 unspecified atom stereocenters. The first-order valence-electron chi connectivity index (χ1n) is 12.2. The van der Waals surface area contributed by atoms with Crippen LogP contribution in [0, 0.1) is 5.92 Å². The van der Waals surface area contributed by atoms with Crippen LogP contribution in [0.5, 0.6) is 0 Å². The van der Waals surface area contributed by atoms with Gasteiger partial charge >= 0.3 is 0 Å². The van der Waals surface area contributed by atoms with Crippen LogP contribution in [0.3, 0.4) is 0 Å². The number of nitrogens with one attached hydrogen (secondary N) is 2. The number of aromatic nitrogens is 2. The Hall–Kier alpha value is -2.87. The summed E-state index contributed by atoms with van der Waals surface area (Å²) < 4.78 is 5.42. The summed E-state index contributed by atoms with van der Waals surface area (Å²) in [7, 11) is 0. The lowest BCUT2D eigenvalue weighted by Gasteiger charge is -2.33. The van der Waals surface area contributed by atoms with Gasteiger partial charge < -0.3 is 25.2 Å². The topological polar surface area (TPSA) is 82.6 Å². The third kappa shape index (κ3) is 6.81. The molecule has 4 rings (SSSR count). The fourth-order valence-electron chi connectivity index (χ4n) is 4.58. The number of nitrogens with zero attached hydrogens (tertiary/aromatic N) is 4. The minimum Gasteiger partial charge on any atom is -0.378 e. The van der Waals surface area contributed by atoms with Crippen molar-refractivity contribution in [2.45, 2.75) is 39.2 Å². The average molecular weight is 453 g/mol. The number of carbonyl (C=O) groups is 1. The second kappa shape index (κ2) is 11.8. The monoisotopic (exact) mass is 452 g/mol. The minimum atomic E-state index is 0.126. The van der Waals surface area contributed by atoms with Gasteiger partial charge in [0.05, 0.1) is 13.2 Å². The van der Waals surface area contributed by atoms with Gasteiger partial charge in [-0.2, -0.15) is 0 Å². The first-order chi connectivity index (χ1) is 16.2. The third-order valence-corrected chi connectivity index (χ3v) is 6.44. The molecule has 33 heavy (non-hydrogen) atoms.